The Bertz CT molecular complexity index is 746. The number of hydrogen-bond donors (Lipinski definition) is 2. The van der Waals surface area contributed by atoms with Gasteiger partial charge in [0.05, 0.1) is 6.61 Å². The number of benzene rings is 2. The molecule has 0 fully saturated rings. The van der Waals surface area contributed by atoms with E-state index in [0.717, 1.165) is 15.6 Å². The van der Waals surface area contributed by atoms with Crippen molar-refractivity contribution < 1.29 is 19.4 Å². The van der Waals surface area contributed by atoms with Gasteiger partial charge in [-0.05, 0) is 44.0 Å². The van der Waals surface area contributed by atoms with Gasteiger partial charge in [0.25, 0.3) is 0 Å². The van der Waals surface area contributed by atoms with E-state index in [2.05, 4.69) is 33.4 Å². The first-order valence-corrected chi connectivity index (χ1v) is 9.29. The number of carbonyl (C=O) groups is 1. The molecule has 0 aromatic heterocycles. The lowest BCUT2D eigenvalue weighted by Gasteiger charge is -2.16. The Balaban J connectivity index is 2.13. The molecule has 0 amide bonds. The van der Waals surface area contributed by atoms with Crippen LogP contribution in [0.25, 0.3) is 0 Å². The van der Waals surface area contributed by atoms with Gasteiger partial charge in [0.1, 0.15) is 12.6 Å². The van der Waals surface area contributed by atoms with Crippen LogP contribution < -0.4 is 14.8 Å². The molecule has 0 aliphatic heterocycles. The molecule has 5 nitrogen and oxygen atoms in total. The summed E-state index contributed by atoms with van der Waals surface area (Å²) in [5.74, 6) is 0.404. The van der Waals surface area contributed by atoms with Crippen LogP contribution in [-0.4, -0.2) is 23.7 Å². The van der Waals surface area contributed by atoms with E-state index < -0.39 is 12.0 Å². The highest BCUT2D eigenvalue weighted by Crippen LogP contribution is 2.34. The number of nitrogens with one attached hydrogen (secondary N) is 1. The molecule has 0 heterocycles. The second kappa shape index (κ2) is 9.59. The van der Waals surface area contributed by atoms with E-state index in [0.29, 0.717) is 31.3 Å². The minimum Gasteiger partial charge on any atom is -0.490 e. The molecule has 0 radical (unpaired) electrons. The van der Waals surface area contributed by atoms with Gasteiger partial charge in [-0.1, -0.05) is 45.8 Å². The third kappa shape index (κ3) is 5.75. The summed E-state index contributed by atoms with van der Waals surface area (Å²) in [6.07, 6.45) is 0. The van der Waals surface area contributed by atoms with E-state index in [1.54, 1.807) is 6.92 Å². The van der Waals surface area contributed by atoms with Crippen LogP contribution in [0.15, 0.2) is 40.9 Å². The summed E-state index contributed by atoms with van der Waals surface area (Å²) in [7, 11) is 0. The summed E-state index contributed by atoms with van der Waals surface area (Å²) >= 11 is 3.53. The molecule has 0 aliphatic carbocycles. The topological polar surface area (TPSA) is 67.8 Å². The predicted molar refractivity (Wildman–Crippen MR) is 105 cm³/mol. The van der Waals surface area contributed by atoms with Gasteiger partial charge in [0.15, 0.2) is 11.5 Å². The van der Waals surface area contributed by atoms with Crippen LogP contribution in [0.4, 0.5) is 0 Å². The molecule has 2 aromatic rings. The standard InChI is InChI=1S/C20H24BrNO4/c1-4-25-18-9-16(11-22-14(3)20(23)24)17(21)10-19(18)26-12-15-7-5-13(2)6-8-15/h5-10,14,22H,4,11-12H2,1-3H3,(H,23,24). The third-order valence-electron chi connectivity index (χ3n) is 3.90. The molecular formula is C20H24BrNO4. The maximum Gasteiger partial charge on any atom is 0.320 e. The summed E-state index contributed by atoms with van der Waals surface area (Å²) < 4.78 is 12.5. The first-order chi connectivity index (χ1) is 12.4. The molecule has 2 N–H and O–H groups in total. The summed E-state index contributed by atoms with van der Waals surface area (Å²) in [5, 5.41) is 12.0. The Labute approximate surface area is 162 Å². The lowest BCUT2D eigenvalue weighted by molar-refractivity contribution is -0.139. The SMILES string of the molecule is CCOc1cc(CNC(C)C(=O)O)c(Br)cc1OCc1ccc(C)cc1. The molecule has 140 valence electrons. The molecule has 1 unspecified atom stereocenters. The van der Waals surface area contributed by atoms with Crippen molar-refractivity contribution >= 4 is 21.9 Å². The maximum absolute atomic E-state index is 11.0. The summed E-state index contributed by atoms with van der Waals surface area (Å²) in [6.45, 7) is 6.94. The zero-order chi connectivity index (χ0) is 19.1. The van der Waals surface area contributed by atoms with Crippen LogP contribution >= 0.6 is 15.9 Å². The third-order valence-corrected chi connectivity index (χ3v) is 4.63. The van der Waals surface area contributed by atoms with E-state index in [4.69, 9.17) is 14.6 Å². The van der Waals surface area contributed by atoms with Gasteiger partial charge < -0.3 is 19.9 Å². The zero-order valence-corrected chi connectivity index (χ0v) is 16.8. The lowest BCUT2D eigenvalue weighted by atomic mass is 10.1. The van der Waals surface area contributed by atoms with Gasteiger partial charge in [0.2, 0.25) is 0 Å². The average Bonchev–Trinajstić information content (AvgIpc) is 2.61. The molecule has 0 bridgehead atoms. The Morgan fingerprint density at radius 2 is 1.85 bits per heavy atom. The fourth-order valence-corrected chi connectivity index (χ4v) is 2.75. The highest BCUT2D eigenvalue weighted by atomic mass is 79.9. The monoisotopic (exact) mass is 421 g/mol. The quantitative estimate of drug-likeness (QED) is 0.631. The molecule has 0 aliphatic rings. The highest BCUT2D eigenvalue weighted by Gasteiger charge is 2.14. The minimum atomic E-state index is -0.885. The summed E-state index contributed by atoms with van der Waals surface area (Å²) in [6, 6.07) is 11.3. The Hall–Kier alpha value is -2.05. The average molecular weight is 422 g/mol. The van der Waals surface area contributed by atoms with Crippen molar-refractivity contribution in [2.75, 3.05) is 6.61 Å². The van der Waals surface area contributed by atoms with E-state index in [-0.39, 0.29) is 0 Å². The number of rotatable bonds is 9. The first kappa shape index (κ1) is 20.3. The van der Waals surface area contributed by atoms with Gasteiger partial charge in [-0.2, -0.15) is 0 Å². The molecule has 6 heteroatoms. The maximum atomic E-state index is 11.0. The van der Waals surface area contributed by atoms with Crippen LogP contribution in [0.3, 0.4) is 0 Å². The van der Waals surface area contributed by atoms with Crippen LogP contribution in [0.5, 0.6) is 11.5 Å². The second-order valence-electron chi connectivity index (χ2n) is 6.04. The Morgan fingerprint density at radius 1 is 1.19 bits per heavy atom. The van der Waals surface area contributed by atoms with Crippen molar-refractivity contribution in [3.63, 3.8) is 0 Å². The lowest BCUT2D eigenvalue weighted by Crippen LogP contribution is -2.33. The summed E-state index contributed by atoms with van der Waals surface area (Å²) in [5.41, 5.74) is 3.19. The van der Waals surface area contributed by atoms with Gasteiger partial charge in [-0.25, -0.2) is 0 Å². The van der Waals surface area contributed by atoms with Crippen LogP contribution in [-0.2, 0) is 17.9 Å². The fraction of sp³-hybridized carbons (Fsp3) is 0.350. The number of ether oxygens (including phenoxy) is 2. The second-order valence-corrected chi connectivity index (χ2v) is 6.89. The van der Waals surface area contributed by atoms with Crippen LogP contribution in [0.1, 0.15) is 30.5 Å². The molecular weight excluding hydrogens is 398 g/mol. The van der Waals surface area contributed by atoms with Crippen molar-refractivity contribution in [2.45, 2.75) is 40.0 Å². The van der Waals surface area contributed by atoms with Crippen LogP contribution in [0, 0.1) is 6.92 Å². The van der Waals surface area contributed by atoms with E-state index in [1.165, 1.54) is 5.56 Å². The number of halogens is 1. The Morgan fingerprint density at radius 3 is 2.46 bits per heavy atom. The van der Waals surface area contributed by atoms with Crippen molar-refractivity contribution in [3.05, 3.63) is 57.6 Å². The first-order valence-electron chi connectivity index (χ1n) is 8.50. The van der Waals surface area contributed by atoms with Crippen LogP contribution in [0.2, 0.25) is 0 Å². The van der Waals surface area contributed by atoms with Crippen molar-refractivity contribution in [3.8, 4) is 11.5 Å². The molecule has 26 heavy (non-hydrogen) atoms. The molecule has 2 aromatic carbocycles. The van der Waals surface area contributed by atoms with Gasteiger partial charge in [-0.15, -0.1) is 0 Å². The smallest absolute Gasteiger partial charge is 0.320 e. The van der Waals surface area contributed by atoms with E-state index in [9.17, 15) is 4.79 Å². The number of aryl methyl sites for hydroxylation is 1. The van der Waals surface area contributed by atoms with Gasteiger partial charge in [-0.3, -0.25) is 4.79 Å². The molecule has 0 saturated heterocycles. The fourth-order valence-electron chi connectivity index (χ4n) is 2.29. The van der Waals surface area contributed by atoms with E-state index >= 15 is 0 Å². The predicted octanol–water partition coefficient (Wildman–Crippen LogP) is 4.30. The molecule has 2 rings (SSSR count). The van der Waals surface area contributed by atoms with Gasteiger partial charge >= 0.3 is 5.97 Å². The zero-order valence-electron chi connectivity index (χ0n) is 15.2. The Kier molecular flexibility index (Phi) is 7.48. The molecule has 0 spiro atoms. The van der Waals surface area contributed by atoms with Crippen molar-refractivity contribution in [1.29, 1.82) is 0 Å². The minimum absolute atomic E-state index is 0.409. The largest absolute Gasteiger partial charge is 0.490 e. The number of aliphatic carboxylic acids is 1. The molecule has 0 saturated carbocycles. The normalized spacial score (nSPS) is 11.8. The number of carboxylic acid groups (broad SMARTS) is 1. The number of hydrogen-bond acceptors (Lipinski definition) is 4. The van der Waals surface area contributed by atoms with Crippen molar-refractivity contribution in [2.24, 2.45) is 0 Å². The highest BCUT2D eigenvalue weighted by molar-refractivity contribution is 9.10. The summed E-state index contributed by atoms with van der Waals surface area (Å²) in [4.78, 5) is 11.0. The van der Waals surface area contributed by atoms with Gasteiger partial charge in [0, 0.05) is 11.0 Å². The molecule has 1 atom stereocenters. The van der Waals surface area contributed by atoms with Crippen molar-refractivity contribution in [1.82, 2.24) is 5.32 Å². The van der Waals surface area contributed by atoms with E-state index in [1.807, 2.05) is 38.1 Å². The number of carboxylic acids is 1.